The maximum Gasteiger partial charge on any atom is 0.294 e. The van der Waals surface area contributed by atoms with Gasteiger partial charge in [-0.25, -0.2) is 0 Å². The Hall–Kier alpha value is -2.86. The molecule has 0 aliphatic heterocycles. The van der Waals surface area contributed by atoms with E-state index in [0.29, 0.717) is 12.1 Å². The first kappa shape index (κ1) is 16.5. The molecule has 0 atom stereocenters. The highest BCUT2D eigenvalue weighted by molar-refractivity contribution is 7.99. The number of aryl methyl sites for hydroxylation is 1. The maximum atomic E-state index is 11.9. The summed E-state index contributed by atoms with van der Waals surface area (Å²) < 4.78 is 0.872. The molecule has 0 saturated carbocycles. The lowest BCUT2D eigenvalue weighted by Crippen LogP contribution is -2.32. The molecule has 1 aromatic carbocycles. The molecule has 23 heavy (non-hydrogen) atoms. The molecule has 0 fully saturated rings. The highest BCUT2D eigenvalue weighted by Gasteiger charge is 2.10. The Morgan fingerprint density at radius 2 is 2.09 bits per heavy atom. The Kier molecular flexibility index (Phi) is 5.32. The van der Waals surface area contributed by atoms with Gasteiger partial charge < -0.3 is 11.2 Å². The molecule has 1 heterocycles. The number of nitrogens with two attached hydrogens (primary N) is 1. The number of rotatable bonds is 5. The largest absolute Gasteiger partial charge is 0.334 e. The zero-order valence-electron chi connectivity index (χ0n) is 12.3. The molecule has 8 nitrogen and oxygen atoms in total. The second-order valence-corrected chi connectivity index (χ2v) is 5.55. The van der Waals surface area contributed by atoms with Crippen LogP contribution in [-0.4, -0.2) is 26.5 Å². The lowest BCUT2D eigenvalue weighted by molar-refractivity contribution is -0.113. The number of anilines is 1. The third-order valence-electron chi connectivity index (χ3n) is 2.87. The second kappa shape index (κ2) is 7.42. The minimum Gasteiger partial charge on any atom is -0.334 e. The number of nitrogens with zero attached hydrogens (tertiary/aromatic N) is 4. The topological polar surface area (TPSA) is 127 Å². The smallest absolute Gasteiger partial charge is 0.294 e. The SMILES string of the molecule is Cc1nnc(SCC(=O)Nc2ccc(CC#N)cc2)n(N)c1=O. The summed E-state index contributed by atoms with van der Waals surface area (Å²) in [7, 11) is 0. The van der Waals surface area contributed by atoms with Crippen molar-refractivity contribution in [2.45, 2.75) is 18.5 Å². The van der Waals surface area contributed by atoms with Crippen molar-refractivity contribution >= 4 is 23.4 Å². The summed E-state index contributed by atoms with van der Waals surface area (Å²) in [4.78, 5) is 23.5. The molecule has 1 amide bonds. The number of nitrogens with one attached hydrogen (secondary N) is 1. The first-order chi connectivity index (χ1) is 11.0. The number of nitrogen functional groups attached to an aromatic ring is 1. The van der Waals surface area contributed by atoms with Crippen LogP contribution >= 0.6 is 11.8 Å². The lowest BCUT2D eigenvalue weighted by atomic mass is 10.1. The average molecular weight is 330 g/mol. The van der Waals surface area contributed by atoms with E-state index >= 15 is 0 Å². The van der Waals surface area contributed by atoms with Crippen LogP contribution in [0.3, 0.4) is 0 Å². The van der Waals surface area contributed by atoms with Gasteiger partial charge in [-0.15, -0.1) is 10.2 Å². The fourth-order valence-corrected chi connectivity index (χ4v) is 2.35. The van der Waals surface area contributed by atoms with Gasteiger partial charge in [-0.05, 0) is 24.6 Å². The molecule has 0 spiro atoms. The van der Waals surface area contributed by atoms with Crippen LogP contribution in [-0.2, 0) is 11.2 Å². The van der Waals surface area contributed by atoms with Gasteiger partial charge in [-0.3, -0.25) is 9.59 Å². The van der Waals surface area contributed by atoms with Crippen LogP contribution in [0.25, 0.3) is 0 Å². The molecule has 2 aromatic rings. The molecule has 3 N–H and O–H groups in total. The van der Waals surface area contributed by atoms with Crippen molar-refractivity contribution in [3.8, 4) is 6.07 Å². The van der Waals surface area contributed by atoms with Crippen LogP contribution in [0.1, 0.15) is 11.3 Å². The van der Waals surface area contributed by atoms with Crippen molar-refractivity contribution in [3.05, 3.63) is 45.9 Å². The summed E-state index contributed by atoms with van der Waals surface area (Å²) in [5, 5.41) is 19.0. The predicted molar refractivity (Wildman–Crippen MR) is 86.3 cm³/mol. The number of benzene rings is 1. The van der Waals surface area contributed by atoms with Crippen LogP contribution in [0.2, 0.25) is 0 Å². The van der Waals surface area contributed by atoms with Gasteiger partial charge in [0.1, 0.15) is 5.69 Å². The van der Waals surface area contributed by atoms with Crippen molar-refractivity contribution in [2.24, 2.45) is 0 Å². The number of aromatic nitrogens is 3. The van der Waals surface area contributed by atoms with Gasteiger partial charge in [0, 0.05) is 5.69 Å². The number of amides is 1. The Balaban J connectivity index is 1.94. The van der Waals surface area contributed by atoms with Crippen molar-refractivity contribution in [1.29, 1.82) is 5.26 Å². The summed E-state index contributed by atoms with van der Waals surface area (Å²) in [6.07, 6.45) is 0.324. The predicted octanol–water partition coefficient (Wildman–Crippen LogP) is 0.457. The Morgan fingerprint density at radius 1 is 1.39 bits per heavy atom. The number of hydrogen-bond acceptors (Lipinski definition) is 7. The van der Waals surface area contributed by atoms with Gasteiger partial charge in [0.2, 0.25) is 11.1 Å². The van der Waals surface area contributed by atoms with Gasteiger partial charge in [0.15, 0.2) is 0 Å². The molecule has 2 rings (SSSR count). The van der Waals surface area contributed by atoms with Crippen LogP contribution in [0.5, 0.6) is 0 Å². The minimum absolute atomic E-state index is 0.0360. The molecule has 0 unspecified atom stereocenters. The molecule has 9 heteroatoms. The monoisotopic (exact) mass is 330 g/mol. The summed E-state index contributed by atoms with van der Waals surface area (Å²) >= 11 is 1.02. The summed E-state index contributed by atoms with van der Waals surface area (Å²) in [6.45, 7) is 1.51. The second-order valence-electron chi connectivity index (χ2n) is 4.61. The number of carbonyl (C=O) groups excluding carboxylic acids is 1. The highest BCUT2D eigenvalue weighted by atomic mass is 32.2. The normalized spacial score (nSPS) is 10.1. The van der Waals surface area contributed by atoms with E-state index in [0.717, 1.165) is 22.0 Å². The molecular formula is C14H14N6O2S. The maximum absolute atomic E-state index is 11.9. The van der Waals surface area contributed by atoms with E-state index < -0.39 is 5.56 Å². The fourth-order valence-electron chi connectivity index (χ4n) is 1.69. The Labute approximate surface area is 136 Å². The summed E-state index contributed by atoms with van der Waals surface area (Å²) in [6, 6.07) is 9.04. The first-order valence-corrected chi connectivity index (χ1v) is 7.59. The minimum atomic E-state index is -0.448. The molecule has 0 radical (unpaired) electrons. The van der Waals surface area contributed by atoms with Crippen LogP contribution in [0.15, 0.2) is 34.2 Å². The standard InChI is InChI=1S/C14H14N6O2S/c1-9-13(22)20(16)14(19-18-9)23-8-12(21)17-11-4-2-10(3-5-11)6-7-15/h2-5H,6,8,16H2,1H3,(H,17,21). The van der Waals surface area contributed by atoms with E-state index in [1.54, 1.807) is 24.3 Å². The van der Waals surface area contributed by atoms with Crippen molar-refractivity contribution in [3.63, 3.8) is 0 Å². The molecule has 0 aliphatic rings. The van der Waals surface area contributed by atoms with Crippen molar-refractivity contribution in [1.82, 2.24) is 14.9 Å². The zero-order chi connectivity index (χ0) is 16.8. The van der Waals surface area contributed by atoms with Gasteiger partial charge in [0.25, 0.3) is 5.56 Å². The van der Waals surface area contributed by atoms with E-state index in [1.165, 1.54) is 6.92 Å². The molecule has 118 valence electrons. The van der Waals surface area contributed by atoms with Gasteiger partial charge in [0.05, 0.1) is 18.2 Å². The lowest BCUT2D eigenvalue weighted by Gasteiger charge is -2.07. The first-order valence-electron chi connectivity index (χ1n) is 6.61. The van der Waals surface area contributed by atoms with E-state index in [1.807, 2.05) is 0 Å². The van der Waals surface area contributed by atoms with Gasteiger partial charge in [-0.2, -0.15) is 9.94 Å². The Morgan fingerprint density at radius 3 is 2.74 bits per heavy atom. The van der Waals surface area contributed by atoms with E-state index in [-0.39, 0.29) is 22.5 Å². The molecular weight excluding hydrogens is 316 g/mol. The third kappa shape index (κ3) is 4.31. The fraction of sp³-hybridized carbons (Fsp3) is 0.214. The zero-order valence-corrected chi connectivity index (χ0v) is 13.1. The van der Waals surface area contributed by atoms with Gasteiger partial charge in [-0.1, -0.05) is 23.9 Å². The molecule has 0 saturated heterocycles. The summed E-state index contributed by atoms with van der Waals surface area (Å²) in [5.41, 5.74) is 1.24. The van der Waals surface area contributed by atoms with Crippen LogP contribution < -0.4 is 16.7 Å². The highest BCUT2D eigenvalue weighted by Crippen LogP contribution is 2.14. The molecule has 0 bridgehead atoms. The summed E-state index contributed by atoms with van der Waals surface area (Å²) in [5.74, 6) is 5.36. The van der Waals surface area contributed by atoms with Gasteiger partial charge >= 0.3 is 0 Å². The van der Waals surface area contributed by atoms with Crippen LogP contribution in [0, 0.1) is 18.3 Å². The van der Waals surface area contributed by atoms with Crippen molar-refractivity contribution in [2.75, 3.05) is 16.9 Å². The quantitative estimate of drug-likeness (QED) is 0.602. The number of carbonyl (C=O) groups is 1. The van der Waals surface area contributed by atoms with E-state index in [4.69, 9.17) is 11.1 Å². The third-order valence-corrected chi connectivity index (χ3v) is 3.82. The van der Waals surface area contributed by atoms with E-state index in [2.05, 4.69) is 21.6 Å². The Bertz CT molecular complexity index is 809. The van der Waals surface area contributed by atoms with Crippen molar-refractivity contribution < 1.29 is 4.79 Å². The van der Waals surface area contributed by atoms with E-state index in [9.17, 15) is 9.59 Å². The number of thioether (sulfide) groups is 1. The van der Waals surface area contributed by atoms with Crippen LogP contribution in [0.4, 0.5) is 5.69 Å². The number of hydrogen-bond donors (Lipinski definition) is 2. The average Bonchev–Trinajstić information content (AvgIpc) is 2.54. The number of nitriles is 1. The molecule has 0 aliphatic carbocycles. The molecule has 1 aromatic heterocycles.